The van der Waals surface area contributed by atoms with Crippen LogP contribution in [0.15, 0.2) is 30.3 Å². The van der Waals surface area contributed by atoms with Crippen molar-refractivity contribution in [3.05, 3.63) is 58.3 Å². The predicted octanol–water partition coefficient (Wildman–Crippen LogP) is 3.72. The highest BCUT2D eigenvalue weighted by Gasteiger charge is 2.30. The third-order valence-electron chi connectivity index (χ3n) is 4.03. The topological polar surface area (TPSA) is 43.1 Å². The molecule has 108 valence electrons. The molecule has 3 rings (SSSR count). The Labute approximate surface area is 128 Å². The average molecular weight is 301 g/mol. The maximum atomic E-state index is 6.21. The van der Waals surface area contributed by atoms with E-state index in [1.807, 2.05) is 36.4 Å². The van der Waals surface area contributed by atoms with Crippen LogP contribution in [0, 0.1) is 13.8 Å². The van der Waals surface area contributed by atoms with Crippen LogP contribution in [-0.2, 0) is 5.41 Å². The summed E-state index contributed by atoms with van der Waals surface area (Å²) in [6.07, 6.45) is 0. The van der Waals surface area contributed by atoms with Crippen molar-refractivity contribution in [2.24, 2.45) is 0 Å². The monoisotopic (exact) mass is 300 g/mol. The summed E-state index contributed by atoms with van der Waals surface area (Å²) in [7, 11) is 0. The standard InChI is InChI=1S/C16H17ClN4/c1-10-11(2)21-14(13(17)18-10)19-20-15(21)16(3,4)12-8-6-5-7-9-12/h5-9H,1-4H3. The fourth-order valence-corrected chi connectivity index (χ4v) is 2.81. The van der Waals surface area contributed by atoms with E-state index in [1.54, 1.807) is 0 Å². The summed E-state index contributed by atoms with van der Waals surface area (Å²) in [4.78, 5) is 4.31. The number of halogens is 1. The number of fused-ring (bicyclic) bond motifs is 1. The molecule has 4 nitrogen and oxygen atoms in total. The van der Waals surface area contributed by atoms with Crippen LogP contribution in [0.4, 0.5) is 0 Å². The van der Waals surface area contributed by atoms with E-state index in [2.05, 4.69) is 41.2 Å². The van der Waals surface area contributed by atoms with E-state index in [-0.39, 0.29) is 5.41 Å². The molecule has 0 aliphatic heterocycles. The molecule has 0 bridgehead atoms. The smallest absolute Gasteiger partial charge is 0.198 e. The molecule has 0 atom stereocenters. The number of hydrogen-bond donors (Lipinski definition) is 0. The Morgan fingerprint density at radius 1 is 1.05 bits per heavy atom. The van der Waals surface area contributed by atoms with Gasteiger partial charge in [-0.2, -0.15) is 0 Å². The van der Waals surface area contributed by atoms with Crippen LogP contribution in [0.2, 0.25) is 5.15 Å². The SMILES string of the molecule is Cc1nc(Cl)c2nnc(C(C)(C)c3ccccc3)n2c1C. The lowest BCUT2D eigenvalue weighted by Gasteiger charge is -2.24. The van der Waals surface area contributed by atoms with Gasteiger partial charge in [-0.25, -0.2) is 4.98 Å². The van der Waals surface area contributed by atoms with Gasteiger partial charge in [-0.3, -0.25) is 4.40 Å². The summed E-state index contributed by atoms with van der Waals surface area (Å²) in [5.41, 5.74) is 3.42. The van der Waals surface area contributed by atoms with Gasteiger partial charge >= 0.3 is 0 Å². The first-order chi connectivity index (χ1) is 9.93. The maximum absolute atomic E-state index is 6.21. The Bertz CT molecular complexity index is 806. The van der Waals surface area contributed by atoms with Crippen LogP contribution in [0.5, 0.6) is 0 Å². The molecule has 0 fully saturated rings. The van der Waals surface area contributed by atoms with Crippen LogP contribution in [-0.4, -0.2) is 19.6 Å². The molecule has 2 aromatic heterocycles. The van der Waals surface area contributed by atoms with Crippen LogP contribution in [0.25, 0.3) is 5.65 Å². The fourth-order valence-electron chi connectivity index (χ4n) is 2.56. The number of aryl methyl sites for hydroxylation is 2. The molecule has 0 radical (unpaired) electrons. The predicted molar refractivity (Wildman–Crippen MR) is 83.8 cm³/mol. The lowest BCUT2D eigenvalue weighted by molar-refractivity contribution is 0.579. The molecule has 21 heavy (non-hydrogen) atoms. The molecule has 0 amide bonds. The summed E-state index contributed by atoms with van der Waals surface area (Å²) < 4.78 is 2.01. The second-order valence-corrected chi connectivity index (χ2v) is 6.11. The molecule has 5 heteroatoms. The highest BCUT2D eigenvalue weighted by Crippen LogP contribution is 2.32. The van der Waals surface area contributed by atoms with Gasteiger partial charge in [0.1, 0.15) is 5.82 Å². The molecular weight excluding hydrogens is 284 g/mol. The number of aromatic nitrogens is 4. The Balaban J connectivity index is 2.31. The second kappa shape index (κ2) is 4.81. The Morgan fingerprint density at radius 2 is 1.71 bits per heavy atom. The first-order valence-corrected chi connectivity index (χ1v) is 7.24. The summed E-state index contributed by atoms with van der Waals surface area (Å²) in [5.74, 6) is 0.869. The van der Waals surface area contributed by atoms with E-state index in [0.717, 1.165) is 17.2 Å². The van der Waals surface area contributed by atoms with E-state index in [0.29, 0.717) is 10.8 Å². The van der Waals surface area contributed by atoms with Crippen molar-refractivity contribution in [2.75, 3.05) is 0 Å². The van der Waals surface area contributed by atoms with E-state index in [1.165, 1.54) is 5.56 Å². The Morgan fingerprint density at radius 3 is 2.38 bits per heavy atom. The van der Waals surface area contributed by atoms with Crippen molar-refractivity contribution in [3.8, 4) is 0 Å². The average Bonchev–Trinajstić information content (AvgIpc) is 2.92. The summed E-state index contributed by atoms with van der Waals surface area (Å²) in [6, 6.07) is 10.3. The number of nitrogens with zero attached hydrogens (tertiary/aromatic N) is 4. The number of hydrogen-bond acceptors (Lipinski definition) is 3. The minimum Gasteiger partial charge on any atom is -0.278 e. The minimum atomic E-state index is -0.275. The van der Waals surface area contributed by atoms with Crippen molar-refractivity contribution < 1.29 is 0 Å². The molecule has 0 aliphatic carbocycles. The second-order valence-electron chi connectivity index (χ2n) is 5.75. The maximum Gasteiger partial charge on any atom is 0.198 e. The van der Waals surface area contributed by atoms with Gasteiger partial charge in [-0.1, -0.05) is 41.9 Å². The van der Waals surface area contributed by atoms with Crippen LogP contribution < -0.4 is 0 Å². The molecule has 0 saturated heterocycles. The van der Waals surface area contributed by atoms with Gasteiger partial charge in [-0.15, -0.1) is 10.2 Å². The lowest BCUT2D eigenvalue weighted by atomic mass is 9.84. The van der Waals surface area contributed by atoms with Gasteiger partial charge in [0.25, 0.3) is 0 Å². The number of benzene rings is 1. The first-order valence-electron chi connectivity index (χ1n) is 6.86. The first kappa shape index (κ1) is 14.0. The van der Waals surface area contributed by atoms with Crippen molar-refractivity contribution in [1.29, 1.82) is 0 Å². The molecule has 3 aromatic rings. The molecule has 0 aliphatic rings. The molecule has 2 heterocycles. The van der Waals surface area contributed by atoms with Gasteiger partial charge in [-0.05, 0) is 33.3 Å². The van der Waals surface area contributed by atoms with Crippen LogP contribution >= 0.6 is 11.6 Å². The minimum absolute atomic E-state index is 0.275. The van der Waals surface area contributed by atoms with Gasteiger partial charge in [0, 0.05) is 5.69 Å². The molecule has 0 spiro atoms. The van der Waals surface area contributed by atoms with Gasteiger partial charge in [0.15, 0.2) is 10.8 Å². The highest BCUT2D eigenvalue weighted by molar-refractivity contribution is 6.32. The highest BCUT2D eigenvalue weighted by atomic mass is 35.5. The van der Waals surface area contributed by atoms with Crippen LogP contribution in [0.3, 0.4) is 0 Å². The van der Waals surface area contributed by atoms with E-state index < -0.39 is 0 Å². The summed E-state index contributed by atoms with van der Waals surface area (Å²) in [6.45, 7) is 8.24. The normalized spacial score (nSPS) is 12.0. The zero-order valence-electron chi connectivity index (χ0n) is 12.6. The summed E-state index contributed by atoms with van der Waals surface area (Å²) in [5, 5.41) is 9.01. The quantitative estimate of drug-likeness (QED) is 0.724. The zero-order chi connectivity index (χ0) is 15.2. The fraction of sp³-hybridized carbons (Fsp3) is 0.312. The Hall–Kier alpha value is -1.94. The molecule has 0 N–H and O–H groups in total. The molecule has 0 unspecified atom stereocenters. The van der Waals surface area contributed by atoms with Crippen molar-refractivity contribution in [3.63, 3.8) is 0 Å². The van der Waals surface area contributed by atoms with Gasteiger partial charge < -0.3 is 0 Å². The van der Waals surface area contributed by atoms with E-state index in [9.17, 15) is 0 Å². The van der Waals surface area contributed by atoms with Crippen molar-refractivity contribution in [2.45, 2.75) is 33.1 Å². The lowest BCUT2D eigenvalue weighted by Crippen LogP contribution is -2.23. The zero-order valence-corrected chi connectivity index (χ0v) is 13.3. The van der Waals surface area contributed by atoms with Crippen molar-refractivity contribution >= 4 is 17.2 Å². The molecule has 0 saturated carbocycles. The Kier molecular flexibility index (Phi) is 3.21. The van der Waals surface area contributed by atoms with Crippen LogP contribution in [0.1, 0.15) is 36.6 Å². The van der Waals surface area contributed by atoms with Crippen molar-refractivity contribution in [1.82, 2.24) is 19.6 Å². The summed E-state index contributed by atoms with van der Waals surface area (Å²) >= 11 is 6.21. The third kappa shape index (κ3) is 2.10. The number of rotatable bonds is 2. The largest absolute Gasteiger partial charge is 0.278 e. The van der Waals surface area contributed by atoms with Gasteiger partial charge in [0.05, 0.1) is 11.1 Å². The van der Waals surface area contributed by atoms with Gasteiger partial charge in [0.2, 0.25) is 0 Å². The molecular formula is C16H17ClN4. The molecule has 1 aromatic carbocycles. The van der Waals surface area contributed by atoms with E-state index in [4.69, 9.17) is 11.6 Å². The third-order valence-corrected chi connectivity index (χ3v) is 4.28. The van der Waals surface area contributed by atoms with E-state index >= 15 is 0 Å².